The Labute approximate surface area is 147 Å². The number of benzene rings is 3. The molecule has 0 unspecified atom stereocenters. The van der Waals surface area contributed by atoms with Crippen molar-refractivity contribution in [2.24, 2.45) is 4.99 Å². The molecule has 0 fully saturated rings. The minimum Gasteiger partial charge on any atom is -0.370 e. The largest absolute Gasteiger partial charge is 0.370 e. The van der Waals surface area contributed by atoms with Crippen LogP contribution >= 0.6 is 11.8 Å². The highest BCUT2D eigenvalue weighted by Gasteiger charge is 2.11. The van der Waals surface area contributed by atoms with E-state index >= 15 is 0 Å². The molecule has 2 nitrogen and oxygen atoms in total. The van der Waals surface area contributed by atoms with Crippen LogP contribution in [0.4, 0.5) is 0 Å². The third kappa shape index (κ3) is 3.31. The Morgan fingerprint density at radius 3 is 2.62 bits per heavy atom. The molecule has 0 amide bonds. The topological polar surface area (TPSA) is 24.4 Å². The van der Waals surface area contributed by atoms with Crippen molar-refractivity contribution in [3.8, 4) is 0 Å². The first kappa shape index (κ1) is 15.3. The summed E-state index contributed by atoms with van der Waals surface area (Å²) in [5.41, 5.74) is 2.58. The van der Waals surface area contributed by atoms with Gasteiger partial charge in [0.1, 0.15) is 5.84 Å². The smallest absolute Gasteiger partial charge is 0.129 e. The average Bonchev–Trinajstić information content (AvgIpc) is 2.67. The quantitative estimate of drug-likeness (QED) is 0.689. The number of amidine groups is 1. The molecule has 3 aromatic rings. The molecule has 0 atom stereocenters. The van der Waals surface area contributed by atoms with Crippen molar-refractivity contribution in [2.45, 2.75) is 17.1 Å². The van der Waals surface area contributed by atoms with Gasteiger partial charge >= 0.3 is 0 Å². The lowest BCUT2D eigenvalue weighted by Gasteiger charge is -2.17. The van der Waals surface area contributed by atoms with Crippen molar-refractivity contribution in [1.29, 1.82) is 0 Å². The van der Waals surface area contributed by atoms with Crippen molar-refractivity contribution in [3.05, 3.63) is 77.9 Å². The zero-order valence-electron chi connectivity index (χ0n) is 13.5. The fourth-order valence-electron chi connectivity index (χ4n) is 2.99. The standard InChI is InChI=1S/C21H20N2S/c1-2-7-18-14-16(10-11-17(18)6-1)15-24-20-9-4-3-8-19(20)21-22-12-5-13-23-21/h1-4,6-11,14H,5,12-13,15H2,(H,22,23). The zero-order valence-corrected chi connectivity index (χ0v) is 14.4. The van der Waals surface area contributed by atoms with Gasteiger partial charge in [0.2, 0.25) is 0 Å². The van der Waals surface area contributed by atoms with Crippen LogP contribution < -0.4 is 5.32 Å². The first-order valence-corrected chi connectivity index (χ1v) is 9.37. The van der Waals surface area contributed by atoms with Gasteiger partial charge in [-0.15, -0.1) is 11.8 Å². The van der Waals surface area contributed by atoms with E-state index in [1.54, 1.807) is 0 Å². The van der Waals surface area contributed by atoms with Crippen LogP contribution in [0.15, 0.2) is 76.6 Å². The van der Waals surface area contributed by atoms with Crippen molar-refractivity contribution >= 4 is 28.4 Å². The van der Waals surface area contributed by atoms with E-state index < -0.39 is 0 Å². The van der Waals surface area contributed by atoms with Gasteiger partial charge in [0.15, 0.2) is 0 Å². The molecule has 1 N–H and O–H groups in total. The van der Waals surface area contributed by atoms with E-state index in [2.05, 4.69) is 77.0 Å². The molecular weight excluding hydrogens is 312 g/mol. The van der Waals surface area contributed by atoms with Crippen LogP contribution in [0.5, 0.6) is 0 Å². The number of hydrogen-bond donors (Lipinski definition) is 1. The fourth-order valence-corrected chi connectivity index (χ4v) is 3.99. The lowest BCUT2D eigenvalue weighted by molar-refractivity contribution is 0.741. The average molecular weight is 332 g/mol. The number of fused-ring (bicyclic) bond motifs is 1. The Morgan fingerprint density at radius 2 is 1.75 bits per heavy atom. The summed E-state index contributed by atoms with van der Waals surface area (Å²) in [6.45, 7) is 1.94. The van der Waals surface area contributed by atoms with E-state index in [9.17, 15) is 0 Å². The van der Waals surface area contributed by atoms with Crippen LogP contribution in [0.1, 0.15) is 17.5 Å². The number of nitrogens with zero attached hydrogens (tertiary/aromatic N) is 1. The van der Waals surface area contributed by atoms with E-state index in [1.165, 1.54) is 26.8 Å². The van der Waals surface area contributed by atoms with Gasteiger partial charge in [0.05, 0.1) is 0 Å². The Kier molecular flexibility index (Phi) is 4.52. The molecule has 24 heavy (non-hydrogen) atoms. The summed E-state index contributed by atoms with van der Waals surface area (Å²) in [5.74, 6) is 2.01. The molecule has 3 heteroatoms. The maximum absolute atomic E-state index is 4.65. The summed E-state index contributed by atoms with van der Waals surface area (Å²) in [6, 6.07) is 23.8. The summed E-state index contributed by atoms with van der Waals surface area (Å²) >= 11 is 1.88. The number of rotatable bonds is 4. The molecule has 3 aromatic carbocycles. The van der Waals surface area contributed by atoms with Crippen LogP contribution in [0.25, 0.3) is 10.8 Å². The highest BCUT2D eigenvalue weighted by atomic mass is 32.2. The summed E-state index contributed by atoms with van der Waals surface area (Å²) in [6.07, 6.45) is 1.12. The number of thioether (sulfide) groups is 1. The monoisotopic (exact) mass is 332 g/mol. The van der Waals surface area contributed by atoms with Gasteiger partial charge in [0.25, 0.3) is 0 Å². The Bertz CT molecular complexity index is 886. The molecule has 1 heterocycles. The number of nitrogens with one attached hydrogen (secondary N) is 1. The second kappa shape index (κ2) is 7.10. The highest BCUT2D eigenvalue weighted by molar-refractivity contribution is 7.98. The molecule has 0 aromatic heterocycles. The minimum absolute atomic E-state index is 0.923. The van der Waals surface area contributed by atoms with E-state index in [-0.39, 0.29) is 0 Å². The van der Waals surface area contributed by atoms with E-state index in [0.717, 1.165) is 31.1 Å². The lowest BCUT2D eigenvalue weighted by atomic mass is 10.1. The molecule has 4 rings (SSSR count). The molecule has 1 aliphatic heterocycles. The summed E-state index contributed by atoms with van der Waals surface area (Å²) in [5, 5.41) is 6.04. The first-order valence-electron chi connectivity index (χ1n) is 8.38. The fraction of sp³-hybridized carbons (Fsp3) is 0.190. The Hall–Kier alpha value is -2.26. The van der Waals surface area contributed by atoms with E-state index in [4.69, 9.17) is 0 Å². The maximum atomic E-state index is 4.65. The maximum Gasteiger partial charge on any atom is 0.129 e. The van der Waals surface area contributed by atoms with Crippen LogP contribution in [0.3, 0.4) is 0 Å². The van der Waals surface area contributed by atoms with E-state index in [1.807, 2.05) is 11.8 Å². The van der Waals surface area contributed by atoms with Gasteiger partial charge < -0.3 is 5.32 Å². The molecule has 0 spiro atoms. The van der Waals surface area contributed by atoms with Crippen molar-refractivity contribution in [3.63, 3.8) is 0 Å². The predicted octanol–water partition coefficient (Wildman–Crippen LogP) is 4.87. The van der Waals surface area contributed by atoms with Crippen molar-refractivity contribution in [2.75, 3.05) is 13.1 Å². The van der Waals surface area contributed by atoms with Crippen molar-refractivity contribution in [1.82, 2.24) is 5.32 Å². The van der Waals surface area contributed by atoms with Crippen molar-refractivity contribution < 1.29 is 0 Å². The predicted molar refractivity (Wildman–Crippen MR) is 104 cm³/mol. The van der Waals surface area contributed by atoms with Crippen LogP contribution in [-0.2, 0) is 5.75 Å². The molecule has 0 aliphatic carbocycles. The first-order chi connectivity index (χ1) is 11.9. The normalized spacial score (nSPS) is 14.2. The number of aliphatic imine (C=N–C) groups is 1. The van der Waals surface area contributed by atoms with Gasteiger partial charge in [0, 0.05) is 29.3 Å². The summed E-state index contributed by atoms with van der Waals surface area (Å²) in [4.78, 5) is 5.94. The number of hydrogen-bond acceptors (Lipinski definition) is 3. The second-order valence-corrected chi connectivity index (χ2v) is 6.99. The van der Waals surface area contributed by atoms with Gasteiger partial charge in [-0.3, -0.25) is 4.99 Å². The van der Waals surface area contributed by atoms with Crippen LogP contribution in [0.2, 0.25) is 0 Å². The molecular formula is C21H20N2S. The second-order valence-electron chi connectivity index (χ2n) is 5.98. The molecule has 0 saturated carbocycles. The zero-order chi connectivity index (χ0) is 16.2. The van der Waals surface area contributed by atoms with Crippen LogP contribution in [-0.4, -0.2) is 18.9 Å². The van der Waals surface area contributed by atoms with E-state index in [0.29, 0.717) is 0 Å². The van der Waals surface area contributed by atoms with Gasteiger partial charge in [-0.25, -0.2) is 0 Å². The Balaban J connectivity index is 1.56. The molecule has 0 saturated heterocycles. The van der Waals surface area contributed by atoms with Gasteiger partial charge in [-0.1, -0.05) is 60.7 Å². The third-order valence-corrected chi connectivity index (χ3v) is 5.39. The highest BCUT2D eigenvalue weighted by Crippen LogP contribution is 2.28. The minimum atomic E-state index is 0.923. The SMILES string of the molecule is c1ccc(C2=NCCCN2)c(SCc2ccc3ccccc3c2)c1. The lowest BCUT2D eigenvalue weighted by Crippen LogP contribution is -2.30. The molecule has 120 valence electrons. The summed E-state index contributed by atoms with van der Waals surface area (Å²) < 4.78 is 0. The summed E-state index contributed by atoms with van der Waals surface area (Å²) in [7, 11) is 0. The van der Waals surface area contributed by atoms with Gasteiger partial charge in [-0.2, -0.15) is 0 Å². The Morgan fingerprint density at radius 1 is 0.917 bits per heavy atom. The third-order valence-electron chi connectivity index (χ3n) is 4.25. The van der Waals surface area contributed by atoms with Crippen LogP contribution in [0, 0.1) is 0 Å². The molecule has 0 radical (unpaired) electrons. The molecule has 1 aliphatic rings. The molecule has 0 bridgehead atoms. The van der Waals surface area contributed by atoms with Gasteiger partial charge in [-0.05, 0) is 28.8 Å².